The lowest BCUT2D eigenvalue weighted by Crippen LogP contribution is -2.40. The third-order valence-electron chi connectivity index (χ3n) is 2.59. The van der Waals surface area contributed by atoms with Gasteiger partial charge in [-0.1, -0.05) is 19.8 Å². The molecule has 5 heteroatoms. The third-order valence-corrected chi connectivity index (χ3v) is 2.59. The van der Waals surface area contributed by atoms with Gasteiger partial charge in [-0.05, 0) is 32.2 Å². The molecule has 0 bridgehead atoms. The molecule has 0 aromatic carbocycles. The summed E-state index contributed by atoms with van der Waals surface area (Å²) in [6.07, 6.45) is 5.24. The fourth-order valence-corrected chi connectivity index (χ4v) is 1.55. The summed E-state index contributed by atoms with van der Waals surface area (Å²) in [5.41, 5.74) is 5.34. The fraction of sp³-hybridized carbons (Fsp3) is 0.833. The highest BCUT2D eigenvalue weighted by molar-refractivity contribution is 5.83. The number of carboxylic acid groups (broad SMARTS) is 1. The first-order chi connectivity index (χ1) is 8.11. The van der Waals surface area contributed by atoms with Crippen molar-refractivity contribution in [2.24, 2.45) is 5.73 Å². The van der Waals surface area contributed by atoms with Crippen LogP contribution in [0.15, 0.2) is 0 Å². The van der Waals surface area contributed by atoms with Gasteiger partial charge in [0.15, 0.2) is 0 Å². The molecular weight excluding hydrogens is 220 g/mol. The van der Waals surface area contributed by atoms with E-state index in [2.05, 4.69) is 12.2 Å². The molecule has 5 nitrogen and oxygen atoms in total. The van der Waals surface area contributed by atoms with Gasteiger partial charge in [0.1, 0.15) is 6.04 Å². The largest absolute Gasteiger partial charge is 0.480 e. The monoisotopic (exact) mass is 244 g/mol. The lowest BCUT2D eigenvalue weighted by atomic mass is 10.1. The summed E-state index contributed by atoms with van der Waals surface area (Å²) in [5.74, 6) is -1.13. The van der Waals surface area contributed by atoms with E-state index < -0.39 is 12.0 Å². The Kier molecular flexibility index (Phi) is 9.43. The van der Waals surface area contributed by atoms with Gasteiger partial charge in [-0.2, -0.15) is 0 Å². The van der Waals surface area contributed by atoms with Crippen molar-refractivity contribution in [1.29, 1.82) is 0 Å². The second kappa shape index (κ2) is 10.1. The second-order valence-electron chi connectivity index (χ2n) is 4.20. The van der Waals surface area contributed by atoms with E-state index in [9.17, 15) is 9.59 Å². The molecule has 0 spiro atoms. The minimum atomic E-state index is -0.967. The summed E-state index contributed by atoms with van der Waals surface area (Å²) in [6.45, 7) is 2.61. The molecule has 0 aliphatic carbocycles. The van der Waals surface area contributed by atoms with Gasteiger partial charge < -0.3 is 16.2 Å². The molecule has 0 radical (unpaired) electrons. The smallest absolute Gasteiger partial charge is 0.326 e. The van der Waals surface area contributed by atoms with Crippen LogP contribution in [-0.4, -0.2) is 29.6 Å². The summed E-state index contributed by atoms with van der Waals surface area (Å²) in [7, 11) is 0. The Labute approximate surface area is 103 Å². The number of aliphatic carboxylic acids is 1. The van der Waals surface area contributed by atoms with Gasteiger partial charge in [-0.15, -0.1) is 0 Å². The van der Waals surface area contributed by atoms with Crippen molar-refractivity contribution in [1.82, 2.24) is 5.32 Å². The van der Waals surface area contributed by atoms with E-state index >= 15 is 0 Å². The predicted octanol–water partition coefficient (Wildman–Crippen LogP) is 1.27. The first-order valence-electron chi connectivity index (χ1n) is 6.34. The number of nitrogens with one attached hydrogen (secondary N) is 1. The molecule has 0 saturated carbocycles. The fourth-order valence-electron chi connectivity index (χ4n) is 1.55. The molecule has 0 rings (SSSR count). The van der Waals surface area contributed by atoms with Crippen LogP contribution in [0.3, 0.4) is 0 Å². The summed E-state index contributed by atoms with van der Waals surface area (Å²) in [4.78, 5) is 22.4. The third kappa shape index (κ3) is 8.68. The number of amides is 1. The van der Waals surface area contributed by atoms with Gasteiger partial charge in [0.2, 0.25) is 5.91 Å². The van der Waals surface area contributed by atoms with E-state index in [4.69, 9.17) is 10.8 Å². The maximum atomic E-state index is 11.5. The van der Waals surface area contributed by atoms with Crippen LogP contribution >= 0.6 is 0 Å². The number of nitrogens with two attached hydrogens (primary N) is 1. The summed E-state index contributed by atoms with van der Waals surface area (Å²) >= 11 is 0. The maximum Gasteiger partial charge on any atom is 0.326 e. The lowest BCUT2D eigenvalue weighted by molar-refractivity contribution is -0.142. The van der Waals surface area contributed by atoms with Crippen molar-refractivity contribution in [2.45, 2.75) is 57.9 Å². The quantitative estimate of drug-likeness (QED) is 0.504. The summed E-state index contributed by atoms with van der Waals surface area (Å²) in [6, 6.07) is -0.768. The number of hydrogen-bond acceptors (Lipinski definition) is 3. The van der Waals surface area contributed by atoms with Crippen molar-refractivity contribution >= 4 is 11.9 Å². The molecule has 0 heterocycles. The van der Waals surface area contributed by atoms with Crippen LogP contribution in [0.4, 0.5) is 0 Å². The average Bonchev–Trinajstić information content (AvgIpc) is 2.28. The molecule has 100 valence electrons. The number of unbranched alkanes of at least 4 members (excludes halogenated alkanes) is 3. The van der Waals surface area contributed by atoms with Crippen molar-refractivity contribution in [3.8, 4) is 0 Å². The Hall–Kier alpha value is -1.10. The molecule has 1 amide bonds. The molecule has 0 aromatic heterocycles. The Morgan fingerprint density at radius 1 is 1.24 bits per heavy atom. The van der Waals surface area contributed by atoms with Gasteiger partial charge in [0.25, 0.3) is 0 Å². The first-order valence-corrected chi connectivity index (χ1v) is 6.34. The van der Waals surface area contributed by atoms with Crippen LogP contribution in [0.2, 0.25) is 0 Å². The Balaban J connectivity index is 3.89. The molecule has 0 aliphatic rings. The molecule has 0 saturated heterocycles. The molecule has 0 fully saturated rings. The van der Waals surface area contributed by atoms with Gasteiger partial charge >= 0.3 is 5.97 Å². The predicted molar refractivity (Wildman–Crippen MR) is 66.6 cm³/mol. The normalized spacial score (nSPS) is 12.1. The van der Waals surface area contributed by atoms with E-state index in [1.165, 1.54) is 0 Å². The Morgan fingerprint density at radius 3 is 2.47 bits per heavy atom. The van der Waals surface area contributed by atoms with Crippen molar-refractivity contribution < 1.29 is 14.7 Å². The number of hydrogen-bond donors (Lipinski definition) is 3. The highest BCUT2D eigenvalue weighted by atomic mass is 16.4. The van der Waals surface area contributed by atoms with Crippen LogP contribution in [0.25, 0.3) is 0 Å². The van der Waals surface area contributed by atoms with Crippen LogP contribution < -0.4 is 11.1 Å². The van der Waals surface area contributed by atoms with E-state index in [0.717, 1.165) is 32.1 Å². The number of carbonyl (C=O) groups is 2. The highest BCUT2D eigenvalue weighted by Gasteiger charge is 2.18. The van der Waals surface area contributed by atoms with Gasteiger partial charge in [0.05, 0.1) is 0 Å². The topological polar surface area (TPSA) is 92.4 Å². The van der Waals surface area contributed by atoms with Crippen LogP contribution in [0.1, 0.15) is 51.9 Å². The number of carboxylic acids is 1. The molecule has 0 aromatic rings. The van der Waals surface area contributed by atoms with Gasteiger partial charge in [0, 0.05) is 6.42 Å². The highest BCUT2D eigenvalue weighted by Crippen LogP contribution is 2.03. The molecule has 1 unspecified atom stereocenters. The zero-order valence-electron chi connectivity index (χ0n) is 10.6. The zero-order chi connectivity index (χ0) is 13.1. The molecular formula is C12H24N2O3. The number of rotatable bonds is 10. The van der Waals surface area contributed by atoms with Gasteiger partial charge in [-0.25, -0.2) is 4.79 Å². The van der Waals surface area contributed by atoms with E-state index in [0.29, 0.717) is 19.4 Å². The van der Waals surface area contributed by atoms with Crippen LogP contribution in [-0.2, 0) is 9.59 Å². The van der Waals surface area contributed by atoms with Gasteiger partial charge in [-0.3, -0.25) is 4.79 Å². The maximum absolute atomic E-state index is 11.5. The molecule has 0 aliphatic heterocycles. The molecule has 1 atom stereocenters. The lowest BCUT2D eigenvalue weighted by Gasteiger charge is -2.14. The first kappa shape index (κ1) is 15.9. The SMILES string of the molecule is CCCCCC(=O)NC(CCCCN)C(=O)O. The van der Waals surface area contributed by atoms with Crippen molar-refractivity contribution in [3.63, 3.8) is 0 Å². The zero-order valence-corrected chi connectivity index (χ0v) is 10.6. The second-order valence-corrected chi connectivity index (χ2v) is 4.20. The minimum absolute atomic E-state index is 0.168. The van der Waals surface area contributed by atoms with Crippen LogP contribution in [0, 0.1) is 0 Å². The summed E-state index contributed by atoms with van der Waals surface area (Å²) < 4.78 is 0. The molecule has 4 N–H and O–H groups in total. The Bertz CT molecular complexity index is 232. The standard InChI is InChI=1S/C12H24N2O3/c1-2-3-4-8-11(15)14-10(12(16)17)7-5-6-9-13/h10H,2-9,13H2,1H3,(H,14,15)(H,16,17). The molecule has 17 heavy (non-hydrogen) atoms. The minimum Gasteiger partial charge on any atom is -0.480 e. The summed E-state index contributed by atoms with van der Waals surface area (Å²) in [5, 5.41) is 11.5. The van der Waals surface area contributed by atoms with Crippen LogP contribution in [0.5, 0.6) is 0 Å². The van der Waals surface area contributed by atoms with Crippen molar-refractivity contribution in [3.05, 3.63) is 0 Å². The van der Waals surface area contributed by atoms with E-state index in [-0.39, 0.29) is 5.91 Å². The Morgan fingerprint density at radius 2 is 1.94 bits per heavy atom. The average molecular weight is 244 g/mol. The van der Waals surface area contributed by atoms with Crippen molar-refractivity contribution in [2.75, 3.05) is 6.54 Å². The van der Waals surface area contributed by atoms with E-state index in [1.54, 1.807) is 0 Å². The van der Waals surface area contributed by atoms with E-state index in [1.807, 2.05) is 0 Å². The number of carbonyl (C=O) groups excluding carboxylic acids is 1.